The largest absolute Gasteiger partial charge is 0.398 e. The quantitative estimate of drug-likeness (QED) is 0.831. The summed E-state index contributed by atoms with van der Waals surface area (Å²) in [6, 6.07) is 7.46. The van der Waals surface area contributed by atoms with E-state index < -0.39 is 10.0 Å². The molecule has 3 N–H and O–H groups in total. The Kier molecular flexibility index (Phi) is 4.70. The summed E-state index contributed by atoms with van der Waals surface area (Å²) in [6.07, 6.45) is 0.963. The van der Waals surface area contributed by atoms with E-state index >= 15 is 0 Å². The van der Waals surface area contributed by atoms with Gasteiger partial charge in [-0.15, -0.1) is 11.3 Å². The topological polar surface area (TPSA) is 72.2 Å². The number of rotatable bonds is 5. The molecule has 0 unspecified atom stereocenters. The maximum atomic E-state index is 12.5. The second kappa shape index (κ2) is 6.17. The van der Waals surface area contributed by atoms with Gasteiger partial charge in [0.15, 0.2) is 0 Å². The van der Waals surface area contributed by atoms with Crippen LogP contribution in [0.5, 0.6) is 0 Å². The SMILES string of the molecule is CCc1ccc(CNS(=O)(=O)c2c(C)ccc(N)c2C)s1. The molecule has 6 heteroatoms. The average Bonchev–Trinajstić information content (AvgIpc) is 2.89. The number of nitrogen functional groups attached to an aromatic ring is 1. The van der Waals surface area contributed by atoms with E-state index in [2.05, 4.69) is 11.6 Å². The van der Waals surface area contributed by atoms with Gasteiger partial charge in [0.25, 0.3) is 0 Å². The van der Waals surface area contributed by atoms with Crippen LogP contribution in [0.15, 0.2) is 29.2 Å². The number of nitrogens with two attached hydrogens (primary N) is 1. The summed E-state index contributed by atoms with van der Waals surface area (Å²) in [5.41, 5.74) is 7.62. The number of hydrogen-bond acceptors (Lipinski definition) is 4. The van der Waals surface area contributed by atoms with Gasteiger partial charge in [-0.1, -0.05) is 13.0 Å². The van der Waals surface area contributed by atoms with E-state index in [0.717, 1.165) is 11.3 Å². The number of nitrogens with one attached hydrogen (secondary N) is 1. The van der Waals surface area contributed by atoms with Crippen LogP contribution >= 0.6 is 11.3 Å². The van der Waals surface area contributed by atoms with Gasteiger partial charge in [0.1, 0.15) is 0 Å². The van der Waals surface area contributed by atoms with Gasteiger partial charge in [0, 0.05) is 22.0 Å². The second-order valence-electron chi connectivity index (χ2n) is 4.97. The third-order valence-electron chi connectivity index (χ3n) is 3.42. The van der Waals surface area contributed by atoms with Crippen molar-refractivity contribution in [1.82, 2.24) is 4.72 Å². The molecule has 0 fully saturated rings. The summed E-state index contributed by atoms with van der Waals surface area (Å²) >= 11 is 1.63. The lowest BCUT2D eigenvalue weighted by molar-refractivity contribution is 0.580. The number of sulfonamides is 1. The van der Waals surface area contributed by atoms with Crippen molar-refractivity contribution in [3.63, 3.8) is 0 Å². The van der Waals surface area contributed by atoms with E-state index in [4.69, 9.17) is 5.73 Å². The smallest absolute Gasteiger partial charge is 0.241 e. The van der Waals surface area contributed by atoms with Gasteiger partial charge < -0.3 is 5.73 Å². The normalized spacial score (nSPS) is 11.8. The summed E-state index contributed by atoms with van der Waals surface area (Å²) in [6.45, 7) is 5.90. The Labute approximate surface area is 130 Å². The van der Waals surface area contributed by atoms with Crippen molar-refractivity contribution in [3.05, 3.63) is 45.1 Å². The molecule has 114 valence electrons. The Morgan fingerprint density at radius 2 is 1.81 bits per heavy atom. The highest BCUT2D eigenvalue weighted by atomic mass is 32.2. The van der Waals surface area contributed by atoms with Gasteiger partial charge in [-0.05, 0) is 49.6 Å². The highest BCUT2D eigenvalue weighted by molar-refractivity contribution is 7.89. The van der Waals surface area contributed by atoms with Crippen LogP contribution in [0, 0.1) is 13.8 Å². The Hall–Kier alpha value is -1.37. The molecule has 1 aromatic carbocycles. The molecular weight excluding hydrogens is 304 g/mol. The summed E-state index contributed by atoms with van der Waals surface area (Å²) in [4.78, 5) is 2.55. The van der Waals surface area contributed by atoms with Gasteiger partial charge in [0.2, 0.25) is 10.0 Å². The van der Waals surface area contributed by atoms with Crippen molar-refractivity contribution in [3.8, 4) is 0 Å². The summed E-state index contributed by atoms with van der Waals surface area (Å²) < 4.78 is 27.7. The Bertz CT molecular complexity index is 749. The third kappa shape index (κ3) is 3.45. The second-order valence-corrected chi connectivity index (χ2v) is 7.93. The van der Waals surface area contributed by atoms with E-state index in [9.17, 15) is 8.42 Å². The molecule has 0 aliphatic rings. The van der Waals surface area contributed by atoms with Gasteiger partial charge in [0.05, 0.1) is 4.90 Å². The lowest BCUT2D eigenvalue weighted by Gasteiger charge is -2.13. The third-order valence-corrected chi connectivity index (χ3v) is 6.34. The lowest BCUT2D eigenvalue weighted by atomic mass is 10.1. The summed E-state index contributed by atoms with van der Waals surface area (Å²) in [7, 11) is -3.56. The first-order chi connectivity index (χ1) is 9.85. The van der Waals surface area contributed by atoms with Crippen molar-refractivity contribution in [2.24, 2.45) is 0 Å². The standard InChI is InChI=1S/C15H20N2O2S2/c1-4-12-6-7-13(20-12)9-17-21(18,19)15-10(2)5-8-14(16)11(15)3/h5-8,17H,4,9,16H2,1-3H3. The molecule has 0 bridgehead atoms. The minimum atomic E-state index is -3.56. The van der Waals surface area contributed by atoms with Crippen molar-refractivity contribution in [2.75, 3.05) is 5.73 Å². The highest BCUT2D eigenvalue weighted by Crippen LogP contribution is 2.25. The molecule has 1 aromatic heterocycles. The monoisotopic (exact) mass is 324 g/mol. The van der Waals surface area contributed by atoms with Gasteiger partial charge in [-0.3, -0.25) is 0 Å². The molecule has 2 aromatic rings. The molecule has 0 saturated carbocycles. The molecule has 0 saturated heterocycles. The highest BCUT2D eigenvalue weighted by Gasteiger charge is 2.20. The number of aryl methyl sites for hydroxylation is 2. The van der Waals surface area contributed by atoms with Crippen molar-refractivity contribution < 1.29 is 8.42 Å². The minimum absolute atomic E-state index is 0.287. The number of hydrogen-bond donors (Lipinski definition) is 2. The zero-order chi connectivity index (χ0) is 15.6. The minimum Gasteiger partial charge on any atom is -0.398 e. The molecule has 0 aliphatic carbocycles. The van der Waals surface area contributed by atoms with Gasteiger partial charge in [-0.25, -0.2) is 13.1 Å². The first-order valence-electron chi connectivity index (χ1n) is 6.78. The fourth-order valence-corrected chi connectivity index (χ4v) is 4.69. The predicted molar refractivity (Wildman–Crippen MR) is 88.1 cm³/mol. The van der Waals surface area contributed by atoms with E-state index in [1.807, 2.05) is 12.1 Å². The summed E-state index contributed by atoms with van der Waals surface area (Å²) in [5.74, 6) is 0. The molecule has 21 heavy (non-hydrogen) atoms. The molecule has 0 radical (unpaired) electrons. The Morgan fingerprint density at radius 3 is 2.43 bits per heavy atom. The molecule has 0 spiro atoms. The van der Waals surface area contributed by atoms with Crippen molar-refractivity contribution in [1.29, 1.82) is 0 Å². The van der Waals surface area contributed by atoms with Crippen LogP contribution in [0.1, 0.15) is 27.8 Å². The van der Waals surface area contributed by atoms with Crippen LogP contribution in [0.4, 0.5) is 5.69 Å². The molecule has 0 amide bonds. The number of benzene rings is 1. The van der Waals surface area contributed by atoms with Crippen LogP contribution in [0.25, 0.3) is 0 Å². The van der Waals surface area contributed by atoms with Crippen molar-refractivity contribution >= 4 is 27.0 Å². The van der Waals surface area contributed by atoms with Gasteiger partial charge >= 0.3 is 0 Å². The fourth-order valence-electron chi connectivity index (χ4n) is 2.20. The maximum absolute atomic E-state index is 12.5. The number of anilines is 1. The zero-order valence-electron chi connectivity index (χ0n) is 12.4. The van der Waals surface area contributed by atoms with Crippen molar-refractivity contribution in [2.45, 2.75) is 38.6 Å². The number of thiophene rings is 1. The maximum Gasteiger partial charge on any atom is 0.241 e. The Balaban J connectivity index is 2.25. The average molecular weight is 324 g/mol. The molecule has 1 heterocycles. The van der Waals surface area contributed by atoms with Crippen LogP contribution in [0.3, 0.4) is 0 Å². The van der Waals surface area contributed by atoms with Crippen LogP contribution in [-0.4, -0.2) is 8.42 Å². The fraction of sp³-hybridized carbons (Fsp3) is 0.333. The van der Waals surface area contributed by atoms with Crippen LogP contribution < -0.4 is 10.5 Å². The molecular formula is C15H20N2O2S2. The molecule has 0 atom stereocenters. The van der Waals surface area contributed by atoms with E-state index in [0.29, 0.717) is 23.4 Å². The lowest BCUT2D eigenvalue weighted by Crippen LogP contribution is -2.24. The zero-order valence-corrected chi connectivity index (χ0v) is 14.1. The Morgan fingerprint density at radius 1 is 1.14 bits per heavy atom. The van der Waals surface area contributed by atoms with Crippen LogP contribution in [-0.2, 0) is 23.0 Å². The van der Waals surface area contributed by atoms with E-state index in [1.54, 1.807) is 37.3 Å². The molecule has 0 aliphatic heterocycles. The molecule has 2 rings (SSSR count). The van der Waals surface area contributed by atoms with E-state index in [-0.39, 0.29) is 4.90 Å². The van der Waals surface area contributed by atoms with Gasteiger partial charge in [-0.2, -0.15) is 0 Å². The summed E-state index contributed by atoms with van der Waals surface area (Å²) in [5, 5.41) is 0. The predicted octanol–water partition coefficient (Wildman–Crippen LogP) is 2.99. The first-order valence-corrected chi connectivity index (χ1v) is 9.08. The first kappa shape index (κ1) is 16.0. The van der Waals surface area contributed by atoms with Crippen LogP contribution in [0.2, 0.25) is 0 Å². The molecule has 4 nitrogen and oxygen atoms in total. The van der Waals surface area contributed by atoms with E-state index in [1.165, 1.54) is 4.88 Å².